The molecule has 28 heteroatoms. The summed E-state index contributed by atoms with van der Waals surface area (Å²) in [6.45, 7) is 1.43. The Balaban J connectivity index is 0.00000378. The molecule has 0 unspecified atom stereocenters. The van der Waals surface area contributed by atoms with E-state index in [4.69, 9.17) is 5.73 Å². The molecule has 0 aliphatic rings. The van der Waals surface area contributed by atoms with Gasteiger partial charge < -0.3 is 20.8 Å². The molecule has 4 aromatic carbocycles. The van der Waals surface area contributed by atoms with Crippen LogP contribution in [0.15, 0.2) is 89.7 Å². The van der Waals surface area contributed by atoms with Gasteiger partial charge in [-0.05, 0) is 66.4 Å². The van der Waals surface area contributed by atoms with Crippen molar-refractivity contribution >= 4 is 81.5 Å². The average molecular weight is 896 g/mol. The summed E-state index contributed by atoms with van der Waals surface area (Å²) in [5.41, 5.74) is 4.14. The van der Waals surface area contributed by atoms with Gasteiger partial charge in [0.25, 0.3) is 30.4 Å². The van der Waals surface area contributed by atoms with E-state index in [0.29, 0.717) is 18.2 Å². The van der Waals surface area contributed by atoms with E-state index in [9.17, 15) is 53.5 Å². The molecule has 1 aromatic heterocycles. The summed E-state index contributed by atoms with van der Waals surface area (Å²) < 4.78 is 114. The number of hydrogen-bond acceptors (Lipinski definition) is 17. The predicted molar refractivity (Wildman–Crippen MR) is 175 cm³/mol. The second-order valence-electron chi connectivity index (χ2n) is 10.4. The number of benzene rings is 4. The van der Waals surface area contributed by atoms with Crippen molar-refractivity contribution < 1.29 is 159 Å². The molecule has 55 heavy (non-hydrogen) atoms. The topological polar surface area (TPSA) is 321 Å². The Labute approximate surface area is 388 Å². The summed E-state index contributed by atoms with van der Waals surface area (Å²) >= 11 is 0. The van der Waals surface area contributed by atoms with Gasteiger partial charge in [0.05, 0.1) is 10.6 Å². The van der Waals surface area contributed by atoms with E-state index in [2.05, 4.69) is 35.4 Å². The third-order valence-electron chi connectivity index (χ3n) is 6.94. The van der Waals surface area contributed by atoms with Crippen LogP contribution in [0.1, 0.15) is 5.56 Å². The third-order valence-corrected chi connectivity index (χ3v) is 9.55. The molecule has 0 aliphatic carbocycles. The van der Waals surface area contributed by atoms with Crippen molar-refractivity contribution in [2.24, 2.45) is 20.5 Å². The van der Waals surface area contributed by atoms with Gasteiger partial charge in [-0.1, -0.05) is 0 Å². The fraction of sp³-hybridized carbons (Fsp3) is 0.0741. The number of nitrogens with zero attached hydrogens (tertiary/aromatic N) is 8. The van der Waals surface area contributed by atoms with Crippen LogP contribution in [0.5, 0.6) is 11.5 Å². The molecule has 1 radical (unpaired) electrons. The predicted octanol–water partition coefficient (Wildman–Crippen LogP) is -4.19. The maximum absolute atomic E-state index is 13.7. The number of halogens is 1. The van der Waals surface area contributed by atoms with Crippen LogP contribution in [0.2, 0.25) is 0 Å². The van der Waals surface area contributed by atoms with Gasteiger partial charge in [-0.2, -0.15) is 49.7 Å². The molecule has 277 valence electrons. The first-order valence-corrected chi connectivity index (χ1v) is 17.9. The van der Waals surface area contributed by atoms with Gasteiger partial charge in [0, 0.05) is 41.3 Å². The number of rotatable bonds is 9. The van der Waals surface area contributed by atoms with Gasteiger partial charge in [-0.3, -0.25) is 13.7 Å². The van der Waals surface area contributed by atoms with Gasteiger partial charge in [-0.15, -0.1) is 15.3 Å². The molecule has 0 amide bonds. The third kappa shape index (κ3) is 11.9. The average Bonchev–Trinajstić information content (AvgIpc) is 3.02. The molecule has 20 nitrogen and oxygen atoms in total. The smallest absolute Gasteiger partial charge is 0.506 e. The molecular formula is C27H22CuFN9Na3O11S3+3. The Morgan fingerprint density at radius 2 is 1.31 bits per heavy atom. The fourth-order valence-corrected chi connectivity index (χ4v) is 6.25. The number of fused-ring (bicyclic) bond motifs is 1. The number of nitrogen functional groups attached to an aromatic ring is 1. The summed E-state index contributed by atoms with van der Waals surface area (Å²) in [4.78, 5) is 9.45. The maximum Gasteiger partial charge on any atom is 1.00 e. The summed E-state index contributed by atoms with van der Waals surface area (Å²) in [6.07, 6.45) is -1.15. The molecule has 1 heterocycles. The Hall–Kier alpha value is -2.27. The molecule has 0 atom stereocenters. The van der Waals surface area contributed by atoms with Gasteiger partial charge in [-0.25, -0.2) is 0 Å². The number of aromatic nitrogens is 3. The number of aryl methyl sites for hydroxylation is 1. The number of hydrogen-bond donors (Lipinski definition) is 6. The van der Waals surface area contributed by atoms with Crippen molar-refractivity contribution in [1.29, 1.82) is 0 Å². The normalized spacial score (nSPS) is 11.7. The van der Waals surface area contributed by atoms with Crippen molar-refractivity contribution in [1.82, 2.24) is 15.0 Å². The number of nitrogens with two attached hydrogens (primary N) is 1. The molecule has 5 aromatic rings. The van der Waals surface area contributed by atoms with Crippen LogP contribution in [0.3, 0.4) is 0 Å². The minimum Gasteiger partial charge on any atom is -0.506 e. The van der Waals surface area contributed by atoms with Gasteiger partial charge in [0.1, 0.15) is 32.6 Å². The molecule has 0 fully saturated rings. The number of aromatic hydroxyl groups is 2. The Morgan fingerprint density at radius 1 is 0.709 bits per heavy atom. The zero-order chi connectivity index (χ0) is 37.6. The monoisotopic (exact) mass is 895 g/mol. The minimum atomic E-state index is -5.06. The maximum atomic E-state index is 13.7. The van der Waals surface area contributed by atoms with Crippen molar-refractivity contribution in [2.45, 2.75) is 21.6 Å². The van der Waals surface area contributed by atoms with E-state index in [1.165, 1.54) is 43.1 Å². The van der Waals surface area contributed by atoms with Crippen LogP contribution in [0.4, 0.5) is 44.7 Å². The number of phenolic OH excluding ortho intramolecular Hbond substituents is 2. The van der Waals surface area contributed by atoms with Crippen molar-refractivity contribution in [2.75, 3.05) is 17.7 Å². The van der Waals surface area contributed by atoms with E-state index >= 15 is 0 Å². The molecule has 0 saturated heterocycles. The Bertz CT molecular complexity index is 2660. The number of phenols is 2. The van der Waals surface area contributed by atoms with Crippen LogP contribution < -0.4 is 99.3 Å². The molecule has 0 aliphatic heterocycles. The van der Waals surface area contributed by atoms with Crippen LogP contribution in [0.25, 0.3) is 10.8 Å². The molecular weight excluding hydrogens is 874 g/mol. The number of azo groups is 2. The van der Waals surface area contributed by atoms with Crippen molar-refractivity contribution in [3.05, 3.63) is 66.2 Å². The zero-order valence-electron chi connectivity index (χ0n) is 28.9. The molecule has 5 rings (SSSR count). The van der Waals surface area contributed by atoms with Gasteiger partial charge >= 0.3 is 94.8 Å². The van der Waals surface area contributed by atoms with E-state index in [-0.39, 0.29) is 145 Å². The Morgan fingerprint density at radius 3 is 1.89 bits per heavy atom. The second-order valence-corrected chi connectivity index (χ2v) is 14.6. The van der Waals surface area contributed by atoms with Crippen LogP contribution >= 0.6 is 0 Å². The van der Waals surface area contributed by atoms with E-state index in [1.54, 1.807) is 0 Å². The first-order chi connectivity index (χ1) is 23.6. The molecule has 7 N–H and O–H groups in total. The van der Waals surface area contributed by atoms with Crippen LogP contribution in [-0.2, 0) is 47.4 Å². The van der Waals surface area contributed by atoms with Gasteiger partial charge in [0.2, 0.25) is 11.9 Å². The van der Waals surface area contributed by atoms with Gasteiger partial charge in [0.15, 0.2) is 5.75 Å². The van der Waals surface area contributed by atoms with E-state index in [1.807, 2.05) is 0 Å². The minimum absolute atomic E-state index is 0. The summed E-state index contributed by atoms with van der Waals surface area (Å²) in [5, 5.41) is 36.8. The zero-order valence-corrected chi connectivity index (χ0v) is 38.3. The quantitative estimate of drug-likeness (QED) is 0.0464. The van der Waals surface area contributed by atoms with Crippen LogP contribution in [0, 0.1) is 13.0 Å². The van der Waals surface area contributed by atoms with Crippen molar-refractivity contribution in [3.8, 4) is 11.5 Å². The summed E-state index contributed by atoms with van der Waals surface area (Å²) in [6, 6.07) is 9.31. The largest absolute Gasteiger partial charge is 1.00 e. The number of anilines is 3. The standard InChI is InChI=1S/C27H22FN9O11S3.Cu.3Na/c1-12-7-18(20(38)11-17(12)33-35-19-10-15(49(40,41)42)4-6-21(19)50(43,44)45)34-36-23-22(51(46,47)48)9-13-8-14(3-5-16(13)24(23)39)37(2)27-31-25(28)30-26(29)32-27;;;;/h3-11,38-39H,1-2H3,(H,40,41,42)(H,43,44,45)(H,46,47,48)(H2,29,30,31,32);;;;/q;;3*+1. The van der Waals surface area contributed by atoms with Crippen LogP contribution in [-0.4, -0.2) is 71.1 Å². The molecule has 0 bridgehead atoms. The SMILES string of the molecule is Cc1cc(N=Nc2c(S(=O)(=O)O)cc3cc(N(C)c4nc(N)nc(F)n4)ccc3c2O)c(O)cc1N=Nc1cc(S(=O)(=O)O)ccc1S(=O)(=O)O.[Cu].[Na+].[Na+].[Na+]. The molecule has 0 saturated carbocycles. The summed E-state index contributed by atoms with van der Waals surface area (Å²) in [5.74, 6) is -1.97. The van der Waals surface area contributed by atoms with E-state index < -0.39 is 79.9 Å². The molecule has 0 spiro atoms. The first kappa shape index (κ1) is 50.7. The summed E-state index contributed by atoms with van der Waals surface area (Å²) in [7, 11) is -13.3. The van der Waals surface area contributed by atoms with E-state index in [0.717, 1.165) is 12.1 Å². The Kier molecular flexibility index (Phi) is 17.9. The fourth-order valence-electron chi connectivity index (χ4n) is 4.48. The first-order valence-electron chi connectivity index (χ1n) is 13.6. The second kappa shape index (κ2) is 19.5. The van der Waals surface area contributed by atoms with Crippen molar-refractivity contribution in [3.63, 3.8) is 0 Å².